The molecule has 2 bridgehead atoms. The third-order valence-corrected chi connectivity index (χ3v) is 5.18. The van der Waals surface area contributed by atoms with Crippen molar-refractivity contribution in [2.24, 2.45) is 17.8 Å². The fraction of sp³-hybridized carbons (Fsp3) is 0.294. The monoisotopic (exact) mass is 296 g/mol. The van der Waals surface area contributed by atoms with Gasteiger partial charge in [-0.3, -0.25) is 4.79 Å². The summed E-state index contributed by atoms with van der Waals surface area (Å²) in [5, 5.41) is 5.68. The maximum atomic E-state index is 12.4. The number of carbonyl (C=O) groups is 1. The second-order valence-electron chi connectivity index (χ2n) is 5.78. The smallest absolute Gasteiger partial charge is 0.229 e. The fourth-order valence-electron chi connectivity index (χ4n) is 3.35. The largest absolute Gasteiger partial charge is 0.302 e. The van der Waals surface area contributed by atoms with Crippen molar-refractivity contribution in [3.8, 4) is 11.3 Å². The molecule has 0 radical (unpaired) electrons. The first-order valence-electron chi connectivity index (χ1n) is 7.30. The Kier molecular flexibility index (Phi) is 3.11. The highest BCUT2D eigenvalue weighted by Gasteiger charge is 2.39. The molecule has 0 unspecified atom stereocenters. The Morgan fingerprint density at radius 1 is 1.19 bits per heavy atom. The predicted molar refractivity (Wildman–Crippen MR) is 85.0 cm³/mol. The summed E-state index contributed by atoms with van der Waals surface area (Å²) in [6.07, 6.45) is 6.59. The van der Waals surface area contributed by atoms with Gasteiger partial charge < -0.3 is 5.32 Å². The summed E-state index contributed by atoms with van der Waals surface area (Å²) in [4.78, 5) is 16.9. The highest BCUT2D eigenvalue weighted by Crippen LogP contribution is 2.43. The molecule has 4 rings (SSSR count). The molecule has 1 fully saturated rings. The lowest BCUT2D eigenvalue weighted by molar-refractivity contribution is -0.120. The van der Waals surface area contributed by atoms with Gasteiger partial charge in [-0.05, 0) is 24.7 Å². The number of amides is 1. The van der Waals surface area contributed by atoms with Gasteiger partial charge in [0, 0.05) is 16.9 Å². The molecule has 3 nitrogen and oxygen atoms in total. The second kappa shape index (κ2) is 5.11. The molecule has 1 N–H and O–H groups in total. The molecule has 1 aromatic carbocycles. The van der Waals surface area contributed by atoms with Crippen molar-refractivity contribution < 1.29 is 4.79 Å². The van der Waals surface area contributed by atoms with Crippen molar-refractivity contribution >= 4 is 22.4 Å². The Hall–Kier alpha value is -1.94. The van der Waals surface area contributed by atoms with Crippen molar-refractivity contribution in [3.05, 3.63) is 47.9 Å². The van der Waals surface area contributed by atoms with E-state index in [1.165, 1.54) is 11.3 Å². The topological polar surface area (TPSA) is 42.0 Å². The lowest BCUT2D eigenvalue weighted by atomic mass is 9.93. The molecule has 0 spiro atoms. The Morgan fingerprint density at radius 3 is 2.76 bits per heavy atom. The lowest BCUT2D eigenvalue weighted by Crippen LogP contribution is -2.25. The third-order valence-electron chi connectivity index (χ3n) is 4.42. The molecular weight excluding hydrogens is 280 g/mol. The van der Waals surface area contributed by atoms with Gasteiger partial charge in [-0.1, -0.05) is 42.5 Å². The molecule has 1 saturated carbocycles. The van der Waals surface area contributed by atoms with Gasteiger partial charge in [0.15, 0.2) is 5.13 Å². The number of nitrogens with zero attached hydrogens (tertiary/aromatic N) is 1. The molecule has 0 saturated heterocycles. The first-order valence-corrected chi connectivity index (χ1v) is 8.18. The van der Waals surface area contributed by atoms with Crippen LogP contribution in [0.3, 0.4) is 0 Å². The highest BCUT2D eigenvalue weighted by molar-refractivity contribution is 7.14. The average Bonchev–Trinajstić information content (AvgIpc) is 3.24. The maximum absolute atomic E-state index is 12.4. The number of thiazole rings is 1. The Bertz CT molecular complexity index is 692. The van der Waals surface area contributed by atoms with Gasteiger partial charge in [0.05, 0.1) is 5.69 Å². The Balaban J connectivity index is 1.47. The van der Waals surface area contributed by atoms with Crippen molar-refractivity contribution in [1.29, 1.82) is 0 Å². The van der Waals surface area contributed by atoms with Gasteiger partial charge in [0.1, 0.15) is 0 Å². The van der Waals surface area contributed by atoms with E-state index in [4.69, 9.17) is 0 Å². The van der Waals surface area contributed by atoms with Gasteiger partial charge in [0.25, 0.3) is 0 Å². The van der Waals surface area contributed by atoms with Gasteiger partial charge in [0.2, 0.25) is 5.91 Å². The molecule has 2 aromatic rings. The molecule has 4 heteroatoms. The summed E-state index contributed by atoms with van der Waals surface area (Å²) < 4.78 is 0. The lowest BCUT2D eigenvalue weighted by Gasteiger charge is -2.16. The number of rotatable bonds is 3. The van der Waals surface area contributed by atoms with Crippen LogP contribution in [0.1, 0.15) is 12.8 Å². The summed E-state index contributed by atoms with van der Waals surface area (Å²) in [6.45, 7) is 0. The van der Waals surface area contributed by atoms with E-state index in [1.54, 1.807) is 0 Å². The number of hydrogen-bond donors (Lipinski definition) is 1. The molecular formula is C17H16N2OS. The van der Waals surface area contributed by atoms with E-state index in [1.807, 2.05) is 35.7 Å². The van der Waals surface area contributed by atoms with E-state index in [-0.39, 0.29) is 11.8 Å². The quantitative estimate of drug-likeness (QED) is 0.871. The summed E-state index contributed by atoms with van der Waals surface area (Å²) >= 11 is 1.49. The molecule has 1 heterocycles. The van der Waals surface area contributed by atoms with E-state index in [0.29, 0.717) is 17.0 Å². The summed E-state index contributed by atoms with van der Waals surface area (Å²) in [5.41, 5.74) is 2.00. The highest BCUT2D eigenvalue weighted by atomic mass is 32.1. The van der Waals surface area contributed by atoms with Crippen molar-refractivity contribution in [2.45, 2.75) is 12.8 Å². The van der Waals surface area contributed by atoms with E-state index in [9.17, 15) is 4.79 Å². The summed E-state index contributed by atoms with van der Waals surface area (Å²) in [7, 11) is 0. The number of nitrogens with one attached hydrogen (secondary N) is 1. The SMILES string of the molecule is O=C(Nc1nc(-c2ccccc2)cs1)[C@@H]1C[C@H]2C=C[C@H]1C2. The average molecular weight is 296 g/mol. The maximum Gasteiger partial charge on any atom is 0.229 e. The Labute approximate surface area is 127 Å². The zero-order valence-electron chi connectivity index (χ0n) is 11.5. The van der Waals surface area contributed by atoms with Crippen LogP contribution in [0, 0.1) is 17.8 Å². The van der Waals surface area contributed by atoms with Crippen LogP contribution in [0.25, 0.3) is 11.3 Å². The molecule has 106 valence electrons. The minimum Gasteiger partial charge on any atom is -0.302 e. The van der Waals surface area contributed by atoms with Gasteiger partial charge in [-0.2, -0.15) is 0 Å². The molecule has 21 heavy (non-hydrogen) atoms. The molecule has 1 aromatic heterocycles. The van der Waals surface area contributed by atoms with Crippen LogP contribution in [-0.4, -0.2) is 10.9 Å². The van der Waals surface area contributed by atoms with Crippen molar-refractivity contribution in [3.63, 3.8) is 0 Å². The van der Waals surface area contributed by atoms with Crippen LogP contribution in [-0.2, 0) is 4.79 Å². The van der Waals surface area contributed by atoms with Crippen LogP contribution in [0.2, 0.25) is 0 Å². The van der Waals surface area contributed by atoms with E-state index in [0.717, 1.165) is 24.1 Å². The van der Waals surface area contributed by atoms with Crippen LogP contribution in [0.4, 0.5) is 5.13 Å². The number of hydrogen-bond acceptors (Lipinski definition) is 3. The summed E-state index contributed by atoms with van der Waals surface area (Å²) in [5.74, 6) is 1.30. The molecule has 3 atom stereocenters. The zero-order chi connectivity index (χ0) is 14.2. The normalized spacial score (nSPS) is 26.2. The molecule has 2 aliphatic rings. The van der Waals surface area contributed by atoms with Gasteiger partial charge in [-0.15, -0.1) is 11.3 Å². The first kappa shape index (κ1) is 12.8. The van der Waals surface area contributed by atoms with Crippen LogP contribution < -0.4 is 5.32 Å². The zero-order valence-corrected chi connectivity index (χ0v) is 12.3. The minimum atomic E-state index is 0.126. The third kappa shape index (κ3) is 2.40. The van der Waals surface area contributed by atoms with Crippen molar-refractivity contribution in [2.75, 3.05) is 5.32 Å². The number of allylic oxidation sites excluding steroid dienone is 2. The van der Waals surface area contributed by atoms with E-state index >= 15 is 0 Å². The Morgan fingerprint density at radius 2 is 2.05 bits per heavy atom. The summed E-state index contributed by atoms with van der Waals surface area (Å²) in [6, 6.07) is 10.0. The first-order chi connectivity index (χ1) is 10.3. The van der Waals surface area contributed by atoms with E-state index in [2.05, 4.69) is 22.5 Å². The second-order valence-corrected chi connectivity index (χ2v) is 6.64. The minimum absolute atomic E-state index is 0.126. The van der Waals surface area contributed by atoms with Crippen LogP contribution in [0.5, 0.6) is 0 Å². The van der Waals surface area contributed by atoms with Crippen LogP contribution >= 0.6 is 11.3 Å². The van der Waals surface area contributed by atoms with Crippen molar-refractivity contribution in [1.82, 2.24) is 4.98 Å². The predicted octanol–water partition coefficient (Wildman–Crippen LogP) is 3.96. The molecule has 1 amide bonds. The van der Waals surface area contributed by atoms with Gasteiger partial charge in [-0.25, -0.2) is 4.98 Å². The van der Waals surface area contributed by atoms with E-state index < -0.39 is 0 Å². The number of fused-ring (bicyclic) bond motifs is 2. The van der Waals surface area contributed by atoms with Crippen LogP contribution in [0.15, 0.2) is 47.9 Å². The number of benzene rings is 1. The number of anilines is 1. The van der Waals surface area contributed by atoms with Gasteiger partial charge >= 0.3 is 0 Å². The molecule has 0 aliphatic heterocycles. The fourth-order valence-corrected chi connectivity index (χ4v) is 4.08. The number of aromatic nitrogens is 1. The standard InChI is InChI=1S/C17H16N2OS/c20-16(14-9-11-6-7-13(14)8-11)19-17-18-15(10-21-17)12-4-2-1-3-5-12/h1-7,10-11,13-14H,8-9H2,(H,18,19,20)/t11-,13-,14+/m0/s1. The number of carbonyl (C=O) groups excluding carboxylic acids is 1. The molecule has 2 aliphatic carbocycles.